The number of hydrogen-bond acceptors (Lipinski definition) is 5. The fourth-order valence-electron chi connectivity index (χ4n) is 3.60. The van der Waals surface area contributed by atoms with Crippen molar-refractivity contribution < 1.29 is 18.6 Å². The van der Waals surface area contributed by atoms with Crippen molar-refractivity contribution in [2.45, 2.75) is 13.2 Å². The summed E-state index contributed by atoms with van der Waals surface area (Å²) >= 11 is 6.47. The summed E-state index contributed by atoms with van der Waals surface area (Å²) in [6.07, 6.45) is 0. The first-order valence-corrected chi connectivity index (χ1v) is 10.9. The van der Waals surface area contributed by atoms with Crippen molar-refractivity contribution in [3.63, 3.8) is 0 Å². The quantitative estimate of drug-likeness (QED) is 0.483. The van der Waals surface area contributed by atoms with Crippen molar-refractivity contribution in [2.24, 2.45) is 0 Å². The highest BCUT2D eigenvalue weighted by atomic mass is 35.5. The summed E-state index contributed by atoms with van der Waals surface area (Å²) in [5, 5.41) is 3.82. The van der Waals surface area contributed by atoms with Crippen LogP contribution in [0.25, 0.3) is 0 Å². The monoisotopic (exact) mass is 456 g/mol. The highest BCUT2D eigenvalue weighted by Gasteiger charge is 2.14. The topological polar surface area (TPSA) is 43.0 Å². The van der Waals surface area contributed by atoms with Gasteiger partial charge in [0.25, 0.3) is 0 Å². The fourth-order valence-corrected chi connectivity index (χ4v) is 3.88. The van der Waals surface area contributed by atoms with E-state index in [4.69, 9.17) is 25.8 Å². The standard InChI is InChI=1S/C25H26ClFN2O3/c1-30-24-15-18(14-22(26)25(24)32-17-19-4-2-3-5-23(19)27)16-28-20-6-8-21(9-7-20)29-10-12-31-13-11-29/h2-9,14-15,28H,10-13,16-17H2,1H3. The number of nitrogens with one attached hydrogen (secondary N) is 1. The van der Waals surface area contributed by atoms with Crippen molar-refractivity contribution in [3.05, 3.63) is 82.6 Å². The van der Waals surface area contributed by atoms with Gasteiger partial charge in [-0.15, -0.1) is 0 Å². The molecular formula is C25H26ClFN2O3. The van der Waals surface area contributed by atoms with E-state index in [1.165, 1.54) is 11.8 Å². The van der Waals surface area contributed by atoms with Gasteiger partial charge in [0.2, 0.25) is 0 Å². The Labute approximate surface area is 192 Å². The summed E-state index contributed by atoms with van der Waals surface area (Å²) in [6, 6.07) is 18.5. The Balaban J connectivity index is 1.39. The van der Waals surface area contributed by atoms with Crippen LogP contribution in [0.15, 0.2) is 60.7 Å². The fraction of sp³-hybridized carbons (Fsp3) is 0.280. The maximum absolute atomic E-state index is 13.9. The first-order valence-electron chi connectivity index (χ1n) is 10.5. The molecule has 0 aliphatic carbocycles. The van der Waals surface area contributed by atoms with Crippen LogP contribution in [0, 0.1) is 5.82 Å². The van der Waals surface area contributed by atoms with Crippen molar-refractivity contribution in [2.75, 3.05) is 43.6 Å². The second-order valence-corrected chi connectivity index (χ2v) is 7.90. The number of benzene rings is 3. The minimum Gasteiger partial charge on any atom is -0.493 e. The lowest BCUT2D eigenvalue weighted by molar-refractivity contribution is 0.122. The molecule has 0 bridgehead atoms. The van der Waals surface area contributed by atoms with E-state index in [1.54, 1.807) is 25.3 Å². The van der Waals surface area contributed by atoms with Gasteiger partial charge in [0.15, 0.2) is 11.5 Å². The highest BCUT2D eigenvalue weighted by Crippen LogP contribution is 2.37. The minimum atomic E-state index is -0.317. The van der Waals surface area contributed by atoms with Crippen LogP contribution in [0.3, 0.4) is 0 Å². The van der Waals surface area contributed by atoms with Crippen LogP contribution in [-0.2, 0) is 17.9 Å². The second-order valence-electron chi connectivity index (χ2n) is 7.49. The normalized spacial score (nSPS) is 13.7. The number of nitrogens with zero attached hydrogens (tertiary/aromatic N) is 1. The first-order chi connectivity index (χ1) is 15.6. The summed E-state index contributed by atoms with van der Waals surface area (Å²) in [7, 11) is 1.56. The molecule has 1 fully saturated rings. The van der Waals surface area contributed by atoms with Crippen LogP contribution in [0.1, 0.15) is 11.1 Å². The molecule has 1 saturated heterocycles. The lowest BCUT2D eigenvalue weighted by Gasteiger charge is -2.29. The molecule has 1 heterocycles. The Morgan fingerprint density at radius 1 is 1.06 bits per heavy atom. The largest absolute Gasteiger partial charge is 0.493 e. The number of anilines is 2. The van der Waals surface area contributed by atoms with Gasteiger partial charge in [-0.3, -0.25) is 0 Å². The molecule has 0 aromatic heterocycles. The molecule has 5 nitrogen and oxygen atoms in total. The van der Waals surface area contributed by atoms with Crippen molar-refractivity contribution in [1.82, 2.24) is 0 Å². The number of halogens is 2. The van der Waals surface area contributed by atoms with Gasteiger partial charge in [0, 0.05) is 36.6 Å². The lowest BCUT2D eigenvalue weighted by atomic mass is 10.1. The zero-order valence-corrected chi connectivity index (χ0v) is 18.7. The third-order valence-corrected chi connectivity index (χ3v) is 5.64. The van der Waals surface area contributed by atoms with Crippen molar-refractivity contribution >= 4 is 23.0 Å². The van der Waals surface area contributed by atoms with Crippen LogP contribution in [0.2, 0.25) is 5.02 Å². The summed E-state index contributed by atoms with van der Waals surface area (Å²) < 4.78 is 30.5. The molecule has 0 atom stereocenters. The van der Waals surface area contributed by atoms with E-state index in [2.05, 4.69) is 34.5 Å². The molecule has 0 saturated carbocycles. The van der Waals surface area contributed by atoms with E-state index in [0.29, 0.717) is 28.6 Å². The molecular weight excluding hydrogens is 431 g/mol. The molecule has 1 aliphatic heterocycles. The van der Waals surface area contributed by atoms with E-state index >= 15 is 0 Å². The summed E-state index contributed by atoms with van der Waals surface area (Å²) in [4.78, 5) is 2.32. The third-order valence-electron chi connectivity index (χ3n) is 5.36. The molecule has 3 aromatic carbocycles. The highest BCUT2D eigenvalue weighted by molar-refractivity contribution is 6.32. The van der Waals surface area contributed by atoms with Crippen molar-refractivity contribution in [1.29, 1.82) is 0 Å². The van der Waals surface area contributed by atoms with E-state index in [0.717, 1.165) is 37.6 Å². The van der Waals surface area contributed by atoms with E-state index in [1.807, 2.05) is 12.1 Å². The molecule has 1 N–H and O–H groups in total. The van der Waals surface area contributed by atoms with Gasteiger partial charge in [-0.1, -0.05) is 29.8 Å². The molecule has 0 radical (unpaired) electrons. The molecule has 7 heteroatoms. The lowest BCUT2D eigenvalue weighted by Crippen LogP contribution is -2.36. The molecule has 1 aliphatic rings. The molecule has 4 rings (SSSR count). The SMILES string of the molecule is COc1cc(CNc2ccc(N3CCOCC3)cc2)cc(Cl)c1OCc1ccccc1F. The third kappa shape index (κ3) is 5.44. The van der Waals surface area contributed by atoms with Gasteiger partial charge in [0.1, 0.15) is 12.4 Å². The van der Waals surface area contributed by atoms with E-state index in [-0.39, 0.29) is 12.4 Å². The minimum absolute atomic E-state index is 0.0653. The summed E-state index contributed by atoms with van der Waals surface area (Å²) in [5.74, 6) is 0.590. The molecule has 0 amide bonds. The van der Waals surface area contributed by atoms with Gasteiger partial charge < -0.3 is 24.4 Å². The maximum atomic E-state index is 13.9. The van der Waals surface area contributed by atoms with Gasteiger partial charge in [-0.25, -0.2) is 4.39 Å². The van der Waals surface area contributed by atoms with E-state index in [9.17, 15) is 4.39 Å². The van der Waals surface area contributed by atoms with Gasteiger partial charge >= 0.3 is 0 Å². The van der Waals surface area contributed by atoms with Gasteiger partial charge in [-0.2, -0.15) is 0 Å². The van der Waals surface area contributed by atoms with Crippen LogP contribution in [-0.4, -0.2) is 33.4 Å². The Kier molecular flexibility index (Phi) is 7.35. The average Bonchev–Trinajstić information content (AvgIpc) is 2.83. The number of morpholine rings is 1. The Morgan fingerprint density at radius 3 is 2.53 bits per heavy atom. The zero-order valence-electron chi connectivity index (χ0n) is 17.9. The predicted molar refractivity (Wildman–Crippen MR) is 126 cm³/mol. The van der Waals surface area contributed by atoms with E-state index < -0.39 is 0 Å². The van der Waals surface area contributed by atoms with Crippen LogP contribution < -0.4 is 19.7 Å². The van der Waals surface area contributed by atoms with Gasteiger partial charge in [0.05, 0.1) is 25.3 Å². The Bertz CT molecular complexity index is 1040. The smallest absolute Gasteiger partial charge is 0.180 e. The number of hydrogen-bond donors (Lipinski definition) is 1. The molecule has 3 aromatic rings. The molecule has 0 unspecified atom stereocenters. The van der Waals surface area contributed by atoms with Gasteiger partial charge in [-0.05, 0) is 48.0 Å². The zero-order chi connectivity index (χ0) is 22.3. The Morgan fingerprint density at radius 2 is 1.81 bits per heavy atom. The summed E-state index contributed by atoms with van der Waals surface area (Å²) in [5.41, 5.74) is 3.61. The number of methoxy groups -OCH3 is 1. The van der Waals surface area contributed by atoms with Crippen molar-refractivity contribution in [3.8, 4) is 11.5 Å². The second kappa shape index (κ2) is 10.6. The van der Waals surface area contributed by atoms with Crippen LogP contribution in [0.4, 0.5) is 15.8 Å². The molecule has 32 heavy (non-hydrogen) atoms. The van der Waals surface area contributed by atoms with Crippen LogP contribution in [0.5, 0.6) is 11.5 Å². The number of ether oxygens (including phenoxy) is 3. The first kappa shape index (κ1) is 22.2. The maximum Gasteiger partial charge on any atom is 0.180 e. The average molecular weight is 457 g/mol. The summed E-state index contributed by atoms with van der Waals surface area (Å²) in [6.45, 7) is 3.99. The molecule has 168 valence electrons. The number of rotatable bonds is 8. The predicted octanol–water partition coefficient (Wildman–Crippen LogP) is 5.52. The Hall–Kier alpha value is -2.96. The molecule has 0 spiro atoms. The van der Waals surface area contributed by atoms with Crippen LogP contribution >= 0.6 is 11.6 Å².